The molecule has 17 heavy (non-hydrogen) atoms. The molecular formula is C13H16N2O2. The van der Waals surface area contributed by atoms with E-state index in [-0.39, 0.29) is 11.7 Å². The molecule has 2 N–H and O–H groups in total. The van der Waals surface area contributed by atoms with Gasteiger partial charge in [-0.15, -0.1) is 0 Å². The minimum absolute atomic E-state index is 0.125. The molecule has 2 aromatic rings. The van der Waals surface area contributed by atoms with Crippen LogP contribution in [-0.4, -0.2) is 16.3 Å². The summed E-state index contributed by atoms with van der Waals surface area (Å²) >= 11 is 0. The van der Waals surface area contributed by atoms with Crippen LogP contribution in [0.5, 0.6) is 5.75 Å². The molecule has 2 rings (SSSR count). The van der Waals surface area contributed by atoms with Gasteiger partial charge in [0, 0.05) is 11.6 Å². The van der Waals surface area contributed by atoms with Gasteiger partial charge in [0.2, 0.25) is 0 Å². The highest BCUT2D eigenvalue weighted by Crippen LogP contribution is 2.24. The lowest BCUT2D eigenvalue weighted by atomic mass is 10.1. The number of hydrogen-bond donors (Lipinski definition) is 2. The second-order valence-electron chi connectivity index (χ2n) is 4.32. The van der Waals surface area contributed by atoms with E-state index in [0.717, 1.165) is 22.6 Å². The van der Waals surface area contributed by atoms with Gasteiger partial charge in [-0.25, -0.2) is 0 Å². The molecule has 4 nitrogen and oxygen atoms in total. The fourth-order valence-electron chi connectivity index (χ4n) is 1.69. The number of ether oxygens (including phenoxy) is 1. The van der Waals surface area contributed by atoms with E-state index in [1.807, 2.05) is 39.0 Å². The van der Waals surface area contributed by atoms with Crippen LogP contribution < -0.4 is 10.3 Å². The molecule has 0 atom stereocenters. The first kappa shape index (κ1) is 11.5. The molecule has 0 unspecified atom stereocenters. The zero-order valence-electron chi connectivity index (χ0n) is 10.2. The summed E-state index contributed by atoms with van der Waals surface area (Å²) in [5.74, 6) is 0.877. The lowest BCUT2D eigenvalue weighted by Gasteiger charge is -2.12. The van der Waals surface area contributed by atoms with Crippen LogP contribution in [0.25, 0.3) is 11.3 Å². The number of rotatable bonds is 3. The van der Waals surface area contributed by atoms with Gasteiger partial charge in [-0.05, 0) is 44.5 Å². The lowest BCUT2D eigenvalue weighted by molar-refractivity contribution is 0.241. The first-order valence-electron chi connectivity index (χ1n) is 5.61. The van der Waals surface area contributed by atoms with Gasteiger partial charge in [0.25, 0.3) is 5.56 Å². The topological polar surface area (TPSA) is 57.9 Å². The van der Waals surface area contributed by atoms with Crippen LogP contribution in [0, 0.1) is 6.92 Å². The number of aryl methyl sites for hydroxylation is 1. The van der Waals surface area contributed by atoms with E-state index in [2.05, 4.69) is 10.2 Å². The summed E-state index contributed by atoms with van der Waals surface area (Å²) in [5, 5.41) is 5.35. The zero-order chi connectivity index (χ0) is 12.4. The SMILES string of the molecule is Cc1cc(-c2cc(=O)[nH][nH]2)ccc1OC(C)C. The Morgan fingerprint density at radius 2 is 1.94 bits per heavy atom. The summed E-state index contributed by atoms with van der Waals surface area (Å²) in [6.07, 6.45) is 0.159. The Morgan fingerprint density at radius 3 is 2.47 bits per heavy atom. The highest BCUT2D eigenvalue weighted by atomic mass is 16.5. The van der Waals surface area contributed by atoms with Crippen molar-refractivity contribution in [2.24, 2.45) is 0 Å². The van der Waals surface area contributed by atoms with Crippen molar-refractivity contribution in [2.75, 3.05) is 0 Å². The number of aromatic nitrogens is 2. The van der Waals surface area contributed by atoms with E-state index in [0.29, 0.717) is 0 Å². The van der Waals surface area contributed by atoms with Gasteiger partial charge in [0.05, 0.1) is 11.8 Å². The molecule has 0 aliphatic heterocycles. The number of H-pyrrole nitrogens is 2. The average molecular weight is 232 g/mol. The van der Waals surface area contributed by atoms with Gasteiger partial charge in [-0.1, -0.05) is 0 Å². The molecule has 1 aromatic carbocycles. The van der Waals surface area contributed by atoms with E-state index < -0.39 is 0 Å². The summed E-state index contributed by atoms with van der Waals surface area (Å²) in [6.45, 7) is 5.99. The van der Waals surface area contributed by atoms with Crippen molar-refractivity contribution in [3.63, 3.8) is 0 Å². The third-order valence-electron chi connectivity index (χ3n) is 2.44. The first-order valence-corrected chi connectivity index (χ1v) is 5.61. The van der Waals surface area contributed by atoms with Crippen LogP contribution in [-0.2, 0) is 0 Å². The van der Waals surface area contributed by atoms with Gasteiger partial charge < -0.3 is 4.74 Å². The predicted molar refractivity (Wildman–Crippen MR) is 67.4 cm³/mol. The second-order valence-corrected chi connectivity index (χ2v) is 4.32. The molecule has 1 aromatic heterocycles. The van der Waals surface area contributed by atoms with Crippen LogP contribution in [0.3, 0.4) is 0 Å². The van der Waals surface area contributed by atoms with Crippen molar-refractivity contribution in [3.05, 3.63) is 40.2 Å². The fraction of sp³-hybridized carbons (Fsp3) is 0.308. The van der Waals surface area contributed by atoms with Crippen molar-refractivity contribution in [2.45, 2.75) is 26.9 Å². The van der Waals surface area contributed by atoms with Crippen molar-refractivity contribution in [3.8, 4) is 17.0 Å². The van der Waals surface area contributed by atoms with Gasteiger partial charge >= 0.3 is 0 Å². The number of hydrogen-bond acceptors (Lipinski definition) is 2. The molecule has 1 heterocycles. The third-order valence-corrected chi connectivity index (χ3v) is 2.44. The van der Waals surface area contributed by atoms with Crippen LogP contribution >= 0.6 is 0 Å². The summed E-state index contributed by atoms with van der Waals surface area (Å²) in [4.78, 5) is 11.0. The van der Waals surface area contributed by atoms with Gasteiger partial charge in [0.15, 0.2) is 0 Å². The highest BCUT2D eigenvalue weighted by Gasteiger charge is 2.06. The Morgan fingerprint density at radius 1 is 1.18 bits per heavy atom. The Labute approximate surface area is 99.6 Å². The van der Waals surface area contributed by atoms with Crippen LogP contribution in [0.1, 0.15) is 19.4 Å². The standard InChI is InChI=1S/C13H16N2O2/c1-8(2)17-12-5-4-10(6-9(12)3)11-7-13(16)15-14-11/h4-8H,1-3H3,(H2,14,15,16). The monoisotopic (exact) mass is 232 g/mol. The molecule has 0 amide bonds. The molecule has 0 aliphatic carbocycles. The molecule has 0 fully saturated rings. The largest absolute Gasteiger partial charge is 0.491 e. The van der Waals surface area contributed by atoms with Crippen LogP contribution in [0.15, 0.2) is 29.1 Å². The minimum Gasteiger partial charge on any atom is -0.491 e. The van der Waals surface area contributed by atoms with Crippen molar-refractivity contribution in [1.29, 1.82) is 0 Å². The second kappa shape index (κ2) is 4.49. The van der Waals surface area contributed by atoms with E-state index in [9.17, 15) is 4.79 Å². The number of aromatic amines is 2. The molecule has 90 valence electrons. The van der Waals surface area contributed by atoms with E-state index in [4.69, 9.17) is 4.74 Å². The summed E-state index contributed by atoms with van der Waals surface area (Å²) < 4.78 is 5.66. The van der Waals surface area contributed by atoms with Crippen LogP contribution in [0.2, 0.25) is 0 Å². The maximum absolute atomic E-state index is 11.0. The van der Waals surface area contributed by atoms with Crippen molar-refractivity contribution >= 4 is 0 Å². The Kier molecular flexibility index (Phi) is 3.04. The third kappa shape index (κ3) is 2.58. The van der Waals surface area contributed by atoms with E-state index >= 15 is 0 Å². The first-order chi connectivity index (χ1) is 8.06. The Bertz CT molecular complexity index is 567. The van der Waals surface area contributed by atoms with Crippen LogP contribution in [0.4, 0.5) is 0 Å². The number of nitrogens with one attached hydrogen (secondary N) is 2. The highest BCUT2D eigenvalue weighted by molar-refractivity contribution is 5.61. The molecule has 4 heteroatoms. The van der Waals surface area contributed by atoms with Gasteiger partial charge in [-0.2, -0.15) is 0 Å². The molecule has 0 radical (unpaired) electrons. The Hall–Kier alpha value is -1.97. The lowest BCUT2D eigenvalue weighted by Crippen LogP contribution is -2.06. The molecule has 0 bridgehead atoms. The maximum Gasteiger partial charge on any atom is 0.264 e. The normalized spacial score (nSPS) is 10.8. The van der Waals surface area contributed by atoms with Crippen molar-refractivity contribution < 1.29 is 4.74 Å². The van der Waals surface area contributed by atoms with E-state index in [1.54, 1.807) is 0 Å². The molecule has 0 saturated carbocycles. The molecular weight excluding hydrogens is 216 g/mol. The maximum atomic E-state index is 11.0. The number of benzene rings is 1. The quantitative estimate of drug-likeness (QED) is 0.854. The average Bonchev–Trinajstić information content (AvgIpc) is 2.67. The smallest absolute Gasteiger partial charge is 0.264 e. The summed E-state index contributed by atoms with van der Waals surface area (Å²) in [6, 6.07) is 7.40. The molecule has 0 saturated heterocycles. The molecule has 0 aliphatic rings. The Balaban J connectivity index is 2.33. The molecule has 0 spiro atoms. The van der Waals surface area contributed by atoms with Gasteiger partial charge in [-0.3, -0.25) is 15.0 Å². The summed E-state index contributed by atoms with van der Waals surface area (Å²) in [5.41, 5.74) is 2.68. The minimum atomic E-state index is -0.125. The van der Waals surface area contributed by atoms with Gasteiger partial charge in [0.1, 0.15) is 5.75 Å². The van der Waals surface area contributed by atoms with E-state index in [1.165, 1.54) is 6.07 Å². The summed E-state index contributed by atoms with van der Waals surface area (Å²) in [7, 11) is 0. The fourth-order valence-corrected chi connectivity index (χ4v) is 1.69. The zero-order valence-corrected chi connectivity index (χ0v) is 10.2. The van der Waals surface area contributed by atoms with Crippen molar-refractivity contribution in [1.82, 2.24) is 10.2 Å². The predicted octanol–water partition coefficient (Wildman–Crippen LogP) is 2.47.